The van der Waals surface area contributed by atoms with Crippen molar-refractivity contribution in [2.75, 3.05) is 0 Å². The molecule has 0 heterocycles. The van der Waals surface area contributed by atoms with Gasteiger partial charge in [-0.25, -0.2) is 10.2 Å². The van der Waals surface area contributed by atoms with E-state index in [1.807, 2.05) is 17.6 Å². The summed E-state index contributed by atoms with van der Waals surface area (Å²) in [6.45, 7) is 6.29. The average molecular weight is 356 g/mol. The van der Waals surface area contributed by atoms with E-state index in [0.29, 0.717) is 11.3 Å². The molecule has 0 aliphatic carbocycles. The maximum absolute atomic E-state index is 11.3. The van der Waals surface area contributed by atoms with Crippen LogP contribution in [0, 0.1) is 10.1 Å². The van der Waals surface area contributed by atoms with Crippen molar-refractivity contribution in [3.63, 3.8) is 0 Å². The second kappa shape index (κ2) is 7.64. The third-order valence-electron chi connectivity index (χ3n) is 3.52. The van der Waals surface area contributed by atoms with Crippen molar-refractivity contribution in [2.24, 2.45) is 10.8 Å². The first-order valence-electron chi connectivity index (χ1n) is 7.82. The molecule has 0 fully saturated rings. The number of benzene rings is 2. The highest BCUT2D eigenvalue weighted by Gasteiger charge is 2.17. The van der Waals surface area contributed by atoms with Gasteiger partial charge in [-0.2, -0.15) is 5.10 Å². The van der Waals surface area contributed by atoms with Gasteiger partial charge in [-0.05, 0) is 35.2 Å². The molecule has 0 saturated carbocycles. The van der Waals surface area contributed by atoms with Crippen LogP contribution in [-0.4, -0.2) is 17.2 Å². The molecule has 8 nitrogen and oxygen atoms in total. The summed E-state index contributed by atoms with van der Waals surface area (Å²) >= 11 is 0. The molecule has 0 aliphatic heterocycles. The minimum absolute atomic E-state index is 0.00442. The Bertz CT molecular complexity index is 839. The Balaban J connectivity index is 2.24. The van der Waals surface area contributed by atoms with E-state index in [-0.39, 0.29) is 16.9 Å². The molecule has 0 radical (unpaired) electrons. The van der Waals surface area contributed by atoms with Gasteiger partial charge in [-0.15, -0.1) is 0 Å². The fraction of sp³-hybridized carbons (Fsp3) is 0.222. The fourth-order valence-corrected chi connectivity index (χ4v) is 2.16. The van der Waals surface area contributed by atoms with Crippen LogP contribution in [0.4, 0.5) is 10.5 Å². The first kappa shape index (κ1) is 18.9. The summed E-state index contributed by atoms with van der Waals surface area (Å²) in [4.78, 5) is 21.4. The van der Waals surface area contributed by atoms with E-state index in [1.54, 1.807) is 18.2 Å². The highest BCUT2D eigenvalue weighted by molar-refractivity contribution is 5.83. The number of urea groups is 1. The molecular weight excluding hydrogens is 336 g/mol. The third-order valence-corrected chi connectivity index (χ3v) is 3.52. The van der Waals surface area contributed by atoms with Crippen LogP contribution in [0.5, 0.6) is 11.5 Å². The zero-order valence-electron chi connectivity index (χ0n) is 14.7. The molecule has 8 heteroatoms. The normalized spacial score (nSPS) is 11.3. The highest BCUT2D eigenvalue weighted by atomic mass is 16.6. The second-order valence-electron chi connectivity index (χ2n) is 6.59. The Morgan fingerprint density at radius 1 is 1.23 bits per heavy atom. The minimum Gasteiger partial charge on any atom is -0.450 e. The lowest BCUT2D eigenvalue weighted by Gasteiger charge is -2.19. The molecule has 3 N–H and O–H groups in total. The van der Waals surface area contributed by atoms with Gasteiger partial charge >= 0.3 is 11.7 Å². The van der Waals surface area contributed by atoms with Crippen LogP contribution < -0.4 is 15.9 Å². The second-order valence-corrected chi connectivity index (χ2v) is 6.59. The Morgan fingerprint density at radius 3 is 2.42 bits per heavy atom. The number of nitrogens with one attached hydrogen (secondary N) is 1. The van der Waals surface area contributed by atoms with Crippen LogP contribution in [-0.2, 0) is 5.41 Å². The smallest absolute Gasteiger partial charge is 0.332 e. The standard InChI is InChI=1S/C18H20N4O4/c1-18(2,3)13-5-7-14(8-6-13)26-16-9-4-12(10-15(16)22(24)25)11-20-21-17(19)23/h4-11H,1-3H3,(H3,19,21,23)/b20-11-. The lowest BCUT2D eigenvalue weighted by Crippen LogP contribution is -2.24. The number of hydrogen-bond donors (Lipinski definition) is 2. The number of nitro groups is 1. The molecule has 2 aromatic carbocycles. The number of nitrogens with two attached hydrogens (primary N) is 1. The van der Waals surface area contributed by atoms with Gasteiger partial charge in [0.1, 0.15) is 5.75 Å². The van der Waals surface area contributed by atoms with Crippen molar-refractivity contribution in [3.05, 3.63) is 63.7 Å². The number of amides is 2. The molecule has 0 saturated heterocycles. The maximum Gasteiger partial charge on any atom is 0.332 e. The number of hydrazone groups is 1. The largest absolute Gasteiger partial charge is 0.450 e. The molecule has 0 unspecified atom stereocenters. The molecule has 0 aromatic heterocycles. The molecule has 136 valence electrons. The fourth-order valence-electron chi connectivity index (χ4n) is 2.16. The monoisotopic (exact) mass is 356 g/mol. The van der Waals surface area contributed by atoms with E-state index in [4.69, 9.17) is 10.5 Å². The van der Waals surface area contributed by atoms with E-state index in [9.17, 15) is 14.9 Å². The summed E-state index contributed by atoms with van der Waals surface area (Å²) in [5.74, 6) is 0.608. The van der Waals surface area contributed by atoms with Crippen molar-refractivity contribution in [1.29, 1.82) is 0 Å². The van der Waals surface area contributed by atoms with Gasteiger partial charge < -0.3 is 10.5 Å². The van der Waals surface area contributed by atoms with Crippen molar-refractivity contribution >= 4 is 17.9 Å². The van der Waals surface area contributed by atoms with Gasteiger partial charge in [0.25, 0.3) is 0 Å². The number of hydrogen-bond acceptors (Lipinski definition) is 5. The number of nitrogens with zero attached hydrogens (tertiary/aromatic N) is 2. The highest BCUT2D eigenvalue weighted by Crippen LogP contribution is 2.33. The van der Waals surface area contributed by atoms with Gasteiger partial charge in [-0.3, -0.25) is 10.1 Å². The van der Waals surface area contributed by atoms with Crippen LogP contribution >= 0.6 is 0 Å². The zero-order chi connectivity index (χ0) is 19.3. The maximum atomic E-state index is 11.3. The lowest BCUT2D eigenvalue weighted by molar-refractivity contribution is -0.385. The molecule has 2 aromatic rings. The van der Waals surface area contributed by atoms with Gasteiger partial charge in [0.15, 0.2) is 0 Å². The number of nitro benzene ring substituents is 1. The predicted molar refractivity (Wildman–Crippen MR) is 98.6 cm³/mol. The summed E-state index contributed by atoms with van der Waals surface area (Å²) in [7, 11) is 0. The minimum atomic E-state index is -0.825. The molecule has 0 aliphatic rings. The molecule has 2 rings (SSSR count). The molecule has 26 heavy (non-hydrogen) atoms. The Kier molecular flexibility index (Phi) is 5.56. The zero-order valence-corrected chi connectivity index (χ0v) is 14.7. The van der Waals surface area contributed by atoms with Crippen LogP contribution in [0.2, 0.25) is 0 Å². The number of primary amides is 1. The van der Waals surface area contributed by atoms with Gasteiger partial charge in [0, 0.05) is 11.6 Å². The van der Waals surface area contributed by atoms with E-state index in [0.717, 1.165) is 5.56 Å². The summed E-state index contributed by atoms with van der Waals surface area (Å²) < 4.78 is 5.66. The summed E-state index contributed by atoms with van der Waals surface area (Å²) in [6.07, 6.45) is 1.25. The number of ether oxygens (including phenoxy) is 1. The molecule has 0 bridgehead atoms. The van der Waals surface area contributed by atoms with E-state index in [2.05, 4.69) is 25.9 Å². The van der Waals surface area contributed by atoms with Gasteiger partial charge in [0.05, 0.1) is 11.1 Å². The average Bonchev–Trinajstić information content (AvgIpc) is 2.55. The molecule has 0 atom stereocenters. The topological polar surface area (TPSA) is 120 Å². The predicted octanol–water partition coefficient (Wildman–Crippen LogP) is 3.69. The molecular formula is C18H20N4O4. The first-order valence-corrected chi connectivity index (χ1v) is 7.82. The van der Waals surface area contributed by atoms with Crippen LogP contribution in [0.15, 0.2) is 47.6 Å². The third kappa shape index (κ3) is 5.04. The first-order chi connectivity index (χ1) is 12.2. The van der Waals surface area contributed by atoms with Crippen molar-refractivity contribution < 1.29 is 14.5 Å². The SMILES string of the molecule is CC(C)(C)c1ccc(Oc2ccc(/C=N\NC(N)=O)cc2[N+](=O)[O-])cc1. The molecule has 2 amide bonds. The number of rotatable bonds is 5. The summed E-state index contributed by atoms with van der Waals surface area (Å²) in [5.41, 5.74) is 8.25. The Hall–Kier alpha value is -3.42. The van der Waals surface area contributed by atoms with Crippen molar-refractivity contribution in [1.82, 2.24) is 5.43 Å². The van der Waals surface area contributed by atoms with E-state index in [1.165, 1.54) is 18.3 Å². The van der Waals surface area contributed by atoms with E-state index < -0.39 is 11.0 Å². The number of carbonyl (C=O) groups excluding carboxylic acids is 1. The van der Waals surface area contributed by atoms with Crippen LogP contribution in [0.3, 0.4) is 0 Å². The van der Waals surface area contributed by atoms with E-state index >= 15 is 0 Å². The molecule has 0 spiro atoms. The Morgan fingerprint density at radius 2 is 1.88 bits per heavy atom. The van der Waals surface area contributed by atoms with Gasteiger partial charge in [0.2, 0.25) is 5.75 Å². The van der Waals surface area contributed by atoms with Crippen LogP contribution in [0.1, 0.15) is 31.9 Å². The number of carbonyl (C=O) groups is 1. The van der Waals surface area contributed by atoms with Crippen molar-refractivity contribution in [2.45, 2.75) is 26.2 Å². The van der Waals surface area contributed by atoms with Crippen molar-refractivity contribution in [3.8, 4) is 11.5 Å². The summed E-state index contributed by atoms with van der Waals surface area (Å²) in [5, 5.41) is 14.9. The lowest BCUT2D eigenvalue weighted by atomic mass is 9.87. The quantitative estimate of drug-likeness (QED) is 0.482. The van der Waals surface area contributed by atoms with Gasteiger partial charge in [-0.1, -0.05) is 32.9 Å². The Labute approximate surface area is 150 Å². The summed E-state index contributed by atoms with van der Waals surface area (Å²) in [6, 6.07) is 10.9. The van der Waals surface area contributed by atoms with Crippen LogP contribution in [0.25, 0.3) is 0 Å².